The fourth-order valence-electron chi connectivity index (χ4n) is 2.18. The Balaban J connectivity index is 2.10. The summed E-state index contributed by atoms with van der Waals surface area (Å²) in [5.41, 5.74) is -0.955. The molecular weight excluding hydrogens is 387 g/mol. The van der Waals surface area contributed by atoms with Crippen molar-refractivity contribution in [1.29, 1.82) is 0 Å². The molecule has 1 unspecified atom stereocenters. The number of aliphatic hydroxyl groups is 2. The molecule has 0 aliphatic heterocycles. The Bertz CT molecular complexity index is 861. The monoisotopic (exact) mass is 404 g/mol. The van der Waals surface area contributed by atoms with Gasteiger partial charge in [-0.05, 0) is 42.8 Å². The Morgan fingerprint density at radius 2 is 1.96 bits per heavy atom. The van der Waals surface area contributed by atoms with Crippen molar-refractivity contribution in [3.8, 4) is 0 Å². The van der Waals surface area contributed by atoms with E-state index < -0.39 is 27.9 Å². The number of aromatic nitrogens is 1. The third-order valence-corrected chi connectivity index (χ3v) is 5.84. The molecule has 2 aromatic rings. The highest BCUT2D eigenvalue weighted by molar-refractivity contribution is 7.91. The molecule has 2 rings (SSSR count). The van der Waals surface area contributed by atoms with Gasteiger partial charge in [0.2, 0.25) is 0 Å². The minimum atomic E-state index is -3.63. The smallest absolute Gasteiger partial charge is 0.191 e. The molecular formula is C16H18Cl2N2O4S. The summed E-state index contributed by atoms with van der Waals surface area (Å²) in [6.45, 7) is 0.847. The summed E-state index contributed by atoms with van der Waals surface area (Å²) in [6.07, 6.45) is 0. The van der Waals surface area contributed by atoms with E-state index in [4.69, 9.17) is 23.2 Å². The second-order valence-electron chi connectivity index (χ2n) is 5.63. The number of halogens is 2. The zero-order valence-electron chi connectivity index (χ0n) is 13.4. The fraction of sp³-hybridized carbons (Fsp3) is 0.312. The normalized spacial score (nSPS) is 14.3. The number of benzene rings is 1. The standard InChI is InChI=1S/C16H18Cl2N2O4S/c1-11-7-12(5-6-13(11)17)25(23,24)10-19-8-16(22,9-21)14-3-2-4-15(18)20-14/h2-7,19,21-22H,8-10H2,1H3. The molecule has 9 heteroatoms. The molecule has 1 aromatic carbocycles. The molecule has 6 nitrogen and oxygen atoms in total. The summed E-state index contributed by atoms with van der Waals surface area (Å²) in [5, 5.41) is 23.3. The van der Waals surface area contributed by atoms with E-state index in [1.165, 1.54) is 30.3 Å². The first-order valence-corrected chi connectivity index (χ1v) is 9.75. The van der Waals surface area contributed by atoms with Crippen molar-refractivity contribution in [1.82, 2.24) is 10.3 Å². The van der Waals surface area contributed by atoms with Crippen LogP contribution in [0.4, 0.5) is 0 Å². The van der Waals surface area contributed by atoms with Gasteiger partial charge in [0.15, 0.2) is 9.84 Å². The van der Waals surface area contributed by atoms with Gasteiger partial charge < -0.3 is 10.2 Å². The summed E-state index contributed by atoms with van der Waals surface area (Å²) < 4.78 is 24.7. The molecule has 0 spiro atoms. The van der Waals surface area contributed by atoms with Crippen LogP contribution in [0.5, 0.6) is 0 Å². The molecule has 0 radical (unpaired) electrons. The van der Waals surface area contributed by atoms with Gasteiger partial charge in [-0.25, -0.2) is 13.4 Å². The average molecular weight is 405 g/mol. The van der Waals surface area contributed by atoms with Gasteiger partial charge in [-0.3, -0.25) is 5.32 Å². The van der Waals surface area contributed by atoms with E-state index in [2.05, 4.69) is 10.3 Å². The van der Waals surface area contributed by atoms with Crippen LogP contribution in [-0.2, 0) is 15.4 Å². The Morgan fingerprint density at radius 3 is 2.56 bits per heavy atom. The van der Waals surface area contributed by atoms with Gasteiger partial charge in [0.25, 0.3) is 0 Å². The van der Waals surface area contributed by atoms with Crippen molar-refractivity contribution < 1.29 is 18.6 Å². The maximum atomic E-state index is 12.4. The highest BCUT2D eigenvalue weighted by atomic mass is 35.5. The maximum Gasteiger partial charge on any atom is 0.191 e. The number of hydrogen-bond donors (Lipinski definition) is 3. The Morgan fingerprint density at radius 1 is 1.24 bits per heavy atom. The SMILES string of the molecule is Cc1cc(S(=O)(=O)CNCC(O)(CO)c2cccc(Cl)n2)ccc1Cl. The summed E-state index contributed by atoms with van der Waals surface area (Å²) in [5.74, 6) is -0.420. The van der Waals surface area contributed by atoms with Crippen LogP contribution in [0.2, 0.25) is 10.2 Å². The first kappa shape index (κ1) is 20.1. The van der Waals surface area contributed by atoms with E-state index >= 15 is 0 Å². The van der Waals surface area contributed by atoms with Crippen LogP contribution >= 0.6 is 23.2 Å². The maximum absolute atomic E-state index is 12.4. The average Bonchev–Trinajstić information content (AvgIpc) is 2.57. The third-order valence-electron chi connectivity index (χ3n) is 3.65. The van der Waals surface area contributed by atoms with Gasteiger partial charge in [-0.15, -0.1) is 0 Å². The van der Waals surface area contributed by atoms with Crippen LogP contribution < -0.4 is 5.32 Å². The molecule has 136 valence electrons. The number of aliphatic hydroxyl groups excluding tert-OH is 1. The van der Waals surface area contributed by atoms with E-state index in [-0.39, 0.29) is 22.3 Å². The predicted molar refractivity (Wildman–Crippen MR) is 96.5 cm³/mol. The van der Waals surface area contributed by atoms with E-state index in [1.54, 1.807) is 13.0 Å². The van der Waals surface area contributed by atoms with Crippen molar-refractivity contribution in [2.45, 2.75) is 17.4 Å². The van der Waals surface area contributed by atoms with Gasteiger partial charge in [0.05, 0.1) is 17.2 Å². The van der Waals surface area contributed by atoms with E-state index in [1.807, 2.05) is 0 Å². The second-order valence-corrected chi connectivity index (χ2v) is 8.42. The number of hydrogen-bond acceptors (Lipinski definition) is 6. The molecule has 1 heterocycles. The van der Waals surface area contributed by atoms with Gasteiger partial charge in [-0.1, -0.05) is 29.3 Å². The van der Waals surface area contributed by atoms with Crippen molar-refractivity contribution in [3.05, 3.63) is 57.8 Å². The summed E-state index contributed by atoms with van der Waals surface area (Å²) in [6, 6.07) is 9.03. The third kappa shape index (κ3) is 4.91. The molecule has 0 saturated carbocycles. The zero-order valence-corrected chi connectivity index (χ0v) is 15.7. The topological polar surface area (TPSA) is 99.5 Å². The molecule has 0 amide bonds. The number of pyridine rings is 1. The Labute approximate surface area is 156 Å². The molecule has 25 heavy (non-hydrogen) atoms. The summed E-state index contributed by atoms with van der Waals surface area (Å²) >= 11 is 11.7. The number of aryl methyl sites for hydroxylation is 1. The van der Waals surface area contributed by atoms with Gasteiger partial charge in [0, 0.05) is 11.6 Å². The zero-order chi connectivity index (χ0) is 18.7. The quantitative estimate of drug-likeness (QED) is 0.609. The van der Waals surface area contributed by atoms with Crippen LogP contribution in [0.3, 0.4) is 0 Å². The molecule has 1 atom stereocenters. The first-order valence-electron chi connectivity index (χ1n) is 7.34. The van der Waals surface area contributed by atoms with Crippen LogP contribution in [-0.4, -0.2) is 42.6 Å². The Kier molecular flexibility index (Phi) is 6.42. The van der Waals surface area contributed by atoms with E-state index in [0.717, 1.165) is 0 Å². The number of nitrogens with one attached hydrogen (secondary N) is 1. The van der Waals surface area contributed by atoms with Crippen molar-refractivity contribution in [3.63, 3.8) is 0 Å². The fourth-order valence-corrected chi connectivity index (χ4v) is 3.63. The predicted octanol–water partition coefficient (Wildman–Crippen LogP) is 1.90. The lowest BCUT2D eigenvalue weighted by atomic mass is 10.0. The number of rotatable bonds is 7. The highest BCUT2D eigenvalue weighted by Gasteiger charge is 2.30. The molecule has 0 saturated heterocycles. The molecule has 1 aromatic heterocycles. The Hall–Kier alpha value is -1.22. The van der Waals surface area contributed by atoms with Crippen molar-refractivity contribution >= 4 is 33.0 Å². The van der Waals surface area contributed by atoms with Crippen molar-refractivity contribution in [2.24, 2.45) is 0 Å². The molecule has 0 aliphatic carbocycles. The van der Waals surface area contributed by atoms with Crippen molar-refractivity contribution in [2.75, 3.05) is 19.0 Å². The van der Waals surface area contributed by atoms with E-state index in [0.29, 0.717) is 10.6 Å². The minimum absolute atomic E-state index is 0.121. The molecule has 0 fully saturated rings. The lowest BCUT2D eigenvalue weighted by molar-refractivity contribution is -0.0204. The number of nitrogens with zero attached hydrogens (tertiary/aromatic N) is 1. The van der Waals surface area contributed by atoms with Crippen LogP contribution in [0.1, 0.15) is 11.3 Å². The van der Waals surface area contributed by atoms with Crippen LogP contribution in [0, 0.1) is 6.92 Å². The van der Waals surface area contributed by atoms with E-state index in [9.17, 15) is 18.6 Å². The largest absolute Gasteiger partial charge is 0.393 e. The molecule has 0 aliphatic rings. The minimum Gasteiger partial charge on any atom is -0.393 e. The van der Waals surface area contributed by atoms with Gasteiger partial charge in [0.1, 0.15) is 16.6 Å². The first-order chi connectivity index (χ1) is 11.7. The highest BCUT2D eigenvalue weighted by Crippen LogP contribution is 2.21. The molecule has 3 N–H and O–H groups in total. The summed E-state index contributed by atoms with van der Waals surface area (Å²) in [4.78, 5) is 4.08. The van der Waals surface area contributed by atoms with Gasteiger partial charge >= 0.3 is 0 Å². The van der Waals surface area contributed by atoms with Gasteiger partial charge in [-0.2, -0.15) is 0 Å². The molecule has 0 bridgehead atoms. The van der Waals surface area contributed by atoms with Crippen LogP contribution in [0.15, 0.2) is 41.3 Å². The lowest BCUT2D eigenvalue weighted by Gasteiger charge is -2.25. The summed E-state index contributed by atoms with van der Waals surface area (Å²) in [7, 11) is -3.63. The number of sulfone groups is 1. The lowest BCUT2D eigenvalue weighted by Crippen LogP contribution is -2.43. The van der Waals surface area contributed by atoms with Crippen LogP contribution in [0.25, 0.3) is 0 Å². The second kappa shape index (κ2) is 7.99.